The maximum absolute atomic E-state index is 13.6. The van der Waals surface area contributed by atoms with E-state index in [1.807, 2.05) is 60.7 Å². The molecule has 1 N–H and O–H groups in total. The number of esters is 1. The van der Waals surface area contributed by atoms with E-state index in [-0.39, 0.29) is 6.10 Å². The standard InChI is InChI=1S/C29H31ClNO4/c30-25-11-13-26(14-12-25)34-20-19-31-17-15-22(16-18-31)27(21-31)35-28(32)29(33,23-7-3-1-4-8-23)24-9-5-2-6-10-24/h1-14,22,27,33H,15-21H2/q+1. The van der Waals surface area contributed by atoms with Crippen molar-refractivity contribution in [3.63, 3.8) is 0 Å². The Hall–Kier alpha value is -2.86. The third-order valence-corrected chi connectivity index (χ3v) is 7.88. The normalized spacial score (nSPS) is 23.6. The van der Waals surface area contributed by atoms with Crippen molar-refractivity contribution in [2.75, 3.05) is 32.8 Å². The number of carbonyl (C=O) groups excluding carboxylic acids is 1. The molecule has 182 valence electrons. The Balaban J connectivity index is 1.30. The number of quaternary nitrogens is 1. The summed E-state index contributed by atoms with van der Waals surface area (Å²) in [6, 6.07) is 25.5. The summed E-state index contributed by atoms with van der Waals surface area (Å²) in [6.07, 6.45) is 1.79. The molecule has 2 bridgehead atoms. The minimum Gasteiger partial charge on any atom is -0.488 e. The van der Waals surface area contributed by atoms with Crippen molar-refractivity contribution < 1.29 is 23.9 Å². The molecule has 1 atom stereocenters. The third-order valence-electron chi connectivity index (χ3n) is 7.63. The number of fused-ring (bicyclic) bond motifs is 3. The molecule has 6 rings (SSSR count). The molecule has 5 nitrogen and oxygen atoms in total. The van der Waals surface area contributed by atoms with Crippen LogP contribution in [0.4, 0.5) is 0 Å². The minimum atomic E-state index is -1.85. The summed E-state index contributed by atoms with van der Waals surface area (Å²) in [5, 5.41) is 12.5. The Morgan fingerprint density at radius 1 is 0.914 bits per heavy atom. The van der Waals surface area contributed by atoms with Crippen molar-refractivity contribution in [2.24, 2.45) is 5.92 Å². The van der Waals surface area contributed by atoms with Gasteiger partial charge in [0.25, 0.3) is 0 Å². The van der Waals surface area contributed by atoms with Gasteiger partial charge >= 0.3 is 5.97 Å². The predicted octanol–water partition coefficient (Wildman–Crippen LogP) is 4.81. The van der Waals surface area contributed by atoms with E-state index in [9.17, 15) is 9.90 Å². The van der Waals surface area contributed by atoms with Gasteiger partial charge in [0.15, 0.2) is 6.10 Å². The van der Waals surface area contributed by atoms with Gasteiger partial charge in [0.05, 0.1) is 13.1 Å². The van der Waals surface area contributed by atoms with E-state index >= 15 is 0 Å². The highest BCUT2D eigenvalue weighted by Crippen LogP contribution is 2.38. The lowest BCUT2D eigenvalue weighted by Crippen LogP contribution is -2.65. The van der Waals surface area contributed by atoms with Crippen LogP contribution in [0.3, 0.4) is 0 Å². The summed E-state index contributed by atoms with van der Waals surface area (Å²) in [7, 11) is 0. The van der Waals surface area contributed by atoms with Crippen LogP contribution in [0.15, 0.2) is 84.9 Å². The van der Waals surface area contributed by atoms with E-state index in [4.69, 9.17) is 21.1 Å². The van der Waals surface area contributed by atoms with E-state index in [1.165, 1.54) is 0 Å². The van der Waals surface area contributed by atoms with Gasteiger partial charge < -0.3 is 19.1 Å². The quantitative estimate of drug-likeness (QED) is 0.362. The topological polar surface area (TPSA) is 55.8 Å². The maximum atomic E-state index is 13.6. The van der Waals surface area contributed by atoms with E-state index in [2.05, 4.69) is 0 Å². The monoisotopic (exact) mass is 492 g/mol. The highest BCUT2D eigenvalue weighted by Gasteiger charge is 2.50. The van der Waals surface area contributed by atoms with Crippen molar-refractivity contribution in [1.82, 2.24) is 0 Å². The van der Waals surface area contributed by atoms with E-state index in [0.717, 1.165) is 49.3 Å². The smallest absolute Gasteiger partial charge is 0.348 e. The lowest BCUT2D eigenvalue weighted by atomic mass is 9.82. The van der Waals surface area contributed by atoms with Gasteiger partial charge in [-0.2, -0.15) is 0 Å². The predicted molar refractivity (Wildman–Crippen MR) is 135 cm³/mol. The average molecular weight is 493 g/mol. The molecule has 3 saturated heterocycles. The zero-order chi connectivity index (χ0) is 24.3. The van der Waals surface area contributed by atoms with Gasteiger partial charge in [-0.1, -0.05) is 72.3 Å². The van der Waals surface area contributed by atoms with Crippen LogP contribution in [0.25, 0.3) is 0 Å². The fraction of sp³-hybridized carbons (Fsp3) is 0.345. The number of hydrogen-bond acceptors (Lipinski definition) is 4. The molecule has 3 aromatic carbocycles. The van der Waals surface area contributed by atoms with Crippen LogP contribution in [0.5, 0.6) is 5.75 Å². The van der Waals surface area contributed by atoms with Crippen LogP contribution < -0.4 is 4.74 Å². The highest BCUT2D eigenvalue weighted by atomic mass is 35.5. The molecule has 1 unspecified atom stereocenters. The number of nitrogens with zero attached hydrogens (tertiary/aromatic N) is 1. The number of hydrogen-bond donors (Lipinski definition) is 1. The molecule has 0 saturated carbocycles. The summed E-state index contributed by atoms with van der Waals surface area (Å²) in [5.74, 6) is 0.523. The lowest BCUT2D eigenvalue weighted by molar-refractivity contribution is -0.946. The van der Waals surface area contributed by atoms with E-state index < -0.39 is 11.6 Å². The van der Waals surface area contributed by atoms with Crippen molar-refractivity contribution >= 4 is 17.6 Å². The molecular formula is C29H31ClNO4+. The van der Waals surface area contributed by atoms with Gasteiger partial charge in [-0.15, -0.1) is 0 Å². The molecule has 6 heteroatoms. The fourth-order valence-corrected chi connectivity index (χ4v) is 5.67. The first-order chi connectivity index (χ1) is 17.0. The summed E-state index contributed by atoms with van der Waals surface area (Å²) in [6.45, 7) is 4.31. The molecule has 0 aromatic heterocycles. The van der Waals surface area contributed by atoms with Gasteiger partial charge in [-0.05, 0) is 35.4 Å². The molecule has 0 aliphatic carbocycles. The summed E-state index contributed by atoms with van der Waals surface area (Å²) in [4.78, 5) is 13.6. The Morgan fingerprint density at radius 3 is 2.06 bits per heavy atom. The number of rotatable bonds is 8. The van der Waals surface area contributed by atoms with Gasteiger partial charge in [0.2, 0.25) is 5.60 Å². The van der Waals surface area contributed by atoms with Crippen LogP contribution in [0.1, 0.15) is 24.0 Å². The molecule has 35 heavy (non-hydrogen) atoms. The fourth-order valence-electron chi connectivity index (χ4n) is 5.54. The van der Waals surface area contributed by atoms with Gasteiger partial charge in [-0.3, -0.25) is 0 Å². The van der Waals surface area contributed by atoms with Gasteiger partial charge in [-0.25, -0.2) is 4.79 Å². The first-order valence-corrected chi connectivity index (χ1v) is 12.6. The third kappa shape index (κ3) is 4.94. The zero-order valence-electron chi connectivity index (χ0n) is 19.7. The zero-order valence-corrected chi connectivity index (χ0v) is 20.4. The molecule has 0 radical (unpaired) electrons. The van der Waals surface area contributed by atoms with E-state index in [0.29, 0.717) is 28.7 Å². The number of benzene rings is 3. The number of ether oxygens (including phenoxy) is 2. The second-order valence-corrected chi connectivity index (χ2v) is 10.2. The van der Waals surface area contributed by atoms with Crippen LogP contribution in [0, 0.1) is 5.92 Å². The summed E-state index contributed by atoms with van der Waals surface area (Å²) < 4.78 is 13.0. The highest BCUT2D eigenvalue weighted by molar-refractivity contribution is 6.30. The minimum absolute atomic E-state index is 0.223. The number of carbonyl (C=O) groups is 1. The van der Waals surface area contributed by atoms with Crippen molar-refractivity contribution in [3.05, 3.63) is 101 Å². The van der Waals surface area contributed by atoms with Crippen molar-refractivity contribution in [3.8, 4) is 5.75 Å². The molecule has 3 aromatic rings. The molecule has 3 heterocycles. The Kier molecular flexibility index (Phi) is 6.83. The lowest BCUT2D eigenvalue weighted by Gasteiger charge is -2.52. The molecular weight excluding hydrogens is 462 g/mol. The van der Waals surface area contributed by atoms with Crippen molar-refractivity contribution in [1.29, 1.82) is 0 Å². The van der Waals surface area contributed by atoms with Gasteiger partial charge in [0.1, 0.15) is 25.4 Å². The summed E-state index contributed by atoms with van der Waals surface area (Å²) >= 11 is 5.97. The van der Waals surface area contributed by atoms with Crippen LogP contribution >= 0.6 is 11.6 Å². The second-order valence-electron chi connectivity index (χ2n) is 9.72. The van der Waals surface area contributed by atoms with Crippen LogP contribution in [0.2, 0.25) is 5.02 Å². The Morgan fingerprint density at radius 2 is 1.49 bits per heavy atom. The largest absolute Gasteiger partial charge is 0.488 e. The molecule has 3 aliphatic heterocycles. The van der Waals surface area contributed by atoms with Crippen molar-refractivity contribution in [2.45, 2.75) is 24.5 Å². The van der Waals surface area contributed by atoms with Crippen LogP contribution in [-0.4, -0.2) is 54.4 Å². The second kappa shape index (κ2) is 10.0. The van der Waals surface area contributed by atoms with Gasteiger partial charge in [0, 0.05) is 23.8 Å². The number of aliphatic hydroxyl groups is 1. The Labute approximate surface area is 211 Å². The average Bonchev–Trinajstić information content (AvgIpc) is 2.91. The Bertz CT molecular complexity index is 1090. The van der Waals surface area contributed by atoms with E-state index in [1.54, 1.807) is 24.3 Å². The van der Waals surface area contributed by atoms with Crippen LogP contribution in [-0.2, 0) is 15.1 Å². The maximum Gasteiger partial charge on any atom is 0.348 e. The first kappa shape index (κ1) is 23.9. The number of halogens is 1. The molecule has 3 fully saturated rings. The first-order valence-electron chi connectivity index (χ1n) is 12.3. The number of piperidine rings is 3. The SMILES string of the molecule is O=C(OC1C[N+]2(CCOc3ccc(Cl)cc3)CCC1CC2)C(O)(c1ccccc1)c1ccccc1. The molecule has 0 spiro atoms. The molecule has 3 aliphatic rings. The summed E-state index contributed by atoms with van der Waals surface area (Å²) in [5.41, 5.74) is -0.827. The molecule has 0 amide bonds.